The summed E-state index contributed by atoms with van der Waals surface area (Å²) in [6.07, 6.45) is 4.16. The highest BCUT2D eigenvalue weighted by Crippen LogP contribution is 2.41. The highest BCUT2D eigenvalue weighted by molar-refractivity contribution is 5.23. The maximum atomic E-state index is 6.21. The molecule has 1 aliphatic rings. The van der Waals surface area contributed by atoms with E-state index in [1.165, 1.54) is 0 Å². The van der Waals surface area contributed by atoms with E-state index < -0.39 is 6.04 Å². The molecule has 1 aromatic heterocycles. The lowest BCUT2D eigenvalue weighted by molar-refractivity contribution is -0.0469. The van der Waals surface area contributed by atoms with E-state index in [-0.39, 0.29) is 5.60 Å². The summed E-state index contributed by atoms with van der Waals surface area (Å²) in [6.45, 7) is 2.64. The van der Waals surface area contributed by atoms with Gasteiger partial charge in [-0.3, -0.25) is 0 Å². The summed E-state index contributed by atoms with van der Waals surface area (Å²) in [5.74, 6) is 1.09. The molecule has 3 rings (SSSR count). The van der Waals surface area contributed by atoms with Gasteiger partial charge in [-0.1, -0.05) is 35.5 Å². The Morgan fingerprint density at radius 3 is 2.67 bits per heavy atom. The van der Waals surface area contributed by atoms with Gasteiger partial charge in [-0.25, -0.2) is 0 Å². The average molecular weight is 287 g/mol. The van der Waals surface area contributed by atoms with Crippen LogP contribution in [-0.4, -0.2) is 16.7 Å². The molecular formula is C16H21N3O2. The molecular weight excluding hydrogens is 266 g/mol. The van der Waals surface area contributed by atoms with Gasteiger partial charge >= 0.3 is 0 Å². The molecule has 1 aromatic carbocycles. The maximum absolute atomic E-state index is 6.21. The van der Waals surface area contributed by atoms with E-state index in [0.717, 1.165) is 31.2 Å². The molecule has 0 aliphatic heterocycles. The first-order chi connectivity index (χ1) is 10.2. The number of ether oxygens (including phenoxy) is 1. The van der Waals surface area contributed by atoms with Crippen molar-refractivity contribution in [2.24, 2.45) is 5.73 Å². The number of nitrogens with zero attached hydrogens (tertiary/aromatic N) is 2. The molecule has 1 aliphatic carbocycles. The summed E-state index contributed by atoms with van der Waals surface area (Å²) < 4.78 is 11.3. The Hall–Kier alpha value is -1.72. The summed E-state index contributed by atoms with van der Waals surface area (Å²) in [5, 5.41) is 4.14. The summed E-state index contributed by atoms with van der Waals surface area (Å²) in [6, 6.07) is 9.38. The van der Waals surface area contributed by atoms with Gasteiger partial charge < -0.3 is 15.0 Å². The van der Waals surface area contributed by atoms with Crippen molar-refractivity contribution in [3.05, 3.63) is 47.6 Å². The van der Waals surface area contributed by atoms with E-state index in [4.69, 9.17) is 15.0 Å². The molecule has 0 radical (unpaired) electrons. The molecule has 0 bridgehead atoms. The highest BCUT2D eigenvalue weighted by atomic mass is 16.5. The zero-order valence-electron chi connectivity index (χ0n) is 12.3. The third-order valence-electron chi connectivity index (χ3n) is 4.11. The summed E-state index contributed by atoms with van der Waals surface area (Å²) in [4.78, 5) is 4.53. The number of hydrogen-bond donors (Lipinski definition) is 1. The Morgan fingerprint density at radius 1 is 1.29 bits per heavy atom. The van der Waals surface area contributed by atoms with Crippen molar-refractivity contribution in [1.82, 2.24) is 10.1 Å². The lowest BCUT2D eigenvalue weighted by atomic mass is 10.0. The SMILES string of the molecule is CCOC1(c2noc([C@@H](N)c3ccccc3)n2)CCCC1. The molecule has 21 heavy (non-hydrogen) atoms. The van der Waals surface area contributed by atoms with Crippen LogP contribution >= 0.6 is 0 Å². The van der Waals surface area contributed by atoms with Crippen LogP contribution in [0.25, 0.3) is 0 Å². The van der Waals surface area contributed by atoms with Crippen molar-refractivity contribution >= 4 is 0 Å². The van der Waals surface area contributed by atoms with Crippen molar-refractivity contribution in [3.8, 4) is 0 Å². The largest absolute Gasteiger partial charge is 0.367 e. The molecule has 112 valence electrons. The van der Waals surface area contributed by atoms with Gasteiger partial charge in [0.25, 0.3) is 0 Å². The van der Waals surface area contributed by atoms with E-state index in [9.17, 15) is 0 Å². The minimum absolute atomic E-state index is 0.382. The predicted octanol–water partition coefficient (Wildman–Crippen LogP) is 2.92. The average Bonchev–Trinajstić information content (AvgIpc) is 3.17. The molecule has 1 fully saturated rings. The second-order valence-corrected chi connectivity index (χ2v) is 5.48. The topological polar surface area (TPSA) is 74.2 Å². The predicted molar refractivity (Wildman–Crippen MR) is 78.5 cm³/mol. The fourth-order valence-electron chi connectivity index (χ4n) is 3.00. The number of benzene rings is 1. The molecule has 1 heterocycles. The number of rotatable bonds is 5. The number of nitrogens with two attached hydrogens (primary N) is 1. The first kappa shape index (κ1) is 14.2. The monoisotopic (exact) mass is 287 g/mol. The molecule has 2 N–H and O–H groups in total. The van der Waals surface area contributed by atoms with E-state index in [0.29, 0.717) is 18.3 Å². The van der Waals surface area contributed by atoms with Gasteiger partial charge in [0.1, 0.15) is 11.6 Å². The minimum atomic E-state index is -0.396. The van der Waals surface area contributed by atoms with Crippen LogP contribution in [0.15, 0.2) is 34.9 Å². The second kappa shape index (κ2) is 5.95. The van der Waals surface area contributed by atoms with Gasteiger partial charge in [-0.05, 0) is 38.2 Å². The Morgan fingerprint density at radius 2 is 2.00 bits per heavy atom. The third-order valence-corrected chi connectivity index (χ3v) is 4.11. The zero-order valence-corrected chi connectivity index (χ0v) is 12.3. The Kier molecular flexibility index (Phi) is 4.03. The van der Waals surface area contributed by atoms with Gasteiger partial charge in [0, 0.05) is 6.61 Å². The normalized spacial score (nSPS) is 18.8. The lowest BCUT2D eigenvalue weighted by Crippen LogP contribution is -2.28. The van der Waals surface area contributed by atoms with Crippen LogP contribution in [0.4, 0.5) is 0 Å². The molecule has 5 nitrogen and oxygen atoms in total. The first-order valence-corrected chi connectivity index (χ1v) is 7.54. The van der Waals surface area contributed by atoms with E-state index >= 15 is 0 Å². The maximum Gasteiger partial charge on any atom is 0.248 e. The van der Waals surface area contributed by atoms with Crippen molar-refractivity contribution in [3.63, 3.8) is 0 Å². The van der Waals surface area contributed by atoms with E-state index in [2.05, 4.69) is 10.1 Å². The molecule has 5 heteroatoms. The van der Waals surface area contributed by atoms with E-state index in [1.54, 1.807) is 0 Å². The quantitative estimate of drug-likeness (QED) is 0.915. The smallest absolute Gasteiger partial charge is 0.248 e. The van der Waals surface area contributed by atoms with Crippen molar-refractivity contribution in [2.45, 2.75) is 44.2 Å². The van der Waals surface area contributed by atoms with Crippen LogP contribution in [0.3, 0.4) is 0 Å². The van der Waals surface area contributed by atoms with Gasteiger partial charge in [0.2, 0.25) is 11.7 Å². The van der Waals surface area contributed by atoms with Crippen molar-refractivity contribution in [1.29, 1.82) is 0 Å². The van der Waals surface area contributed by atoms with Crippen molar-refractivity contribution in [2.75, 3.05) is 6.61 Å². The van der Waals surface area contributed by atoms with Gasteiger partial charge in [0.15, 0.2) is 0 Å². The van der Waals surface area contributed by atoms with Gasteiger partial charge in [-0.2, -0.15) is 4.98 Å². The van der Waals surface area contributed by atoms with Crippen molar-refractivity contribution < 1.29 is 9.26 Å². The Bertz CT molecular complexity index is 576. The summed E-state index contributed by atoms with van der Waals surface area (Å²) in [5.41, 5.74) is 6.79. The Balaban J connectivity index is 1.86. The summed E-state index contributed by atoms with van der Waals surface area (Å²) in [7, 11) is 0. The van der Waals surface area contributed by atoms with Crippen LogP contribution in [0, 0.1) is 0 Å². The molecule has 0 saturated heterocycles. The number of hydrogen-bond acceptors (Lipinski definition) is 5. The standard InChI is InChI=1S/C16H21N3O2/c1-2-20-16(10-6-7-11-16)15-18-14(21-19-15)13(17)12-8-4-3-5-9-12/h3-5,8-9,13H,2,6-7,10-11,17H2,1H3/t13-/m0/s1. The first-order valence-electron chi connectivity index (χ1n) is 7.54. The van der Waals surface area contributed by atoms with Crippen LogP contribution in [0.1, 0.15) is 55.9 Å². The molecule has 1 atom stereocenters. The second-order valence-electron chi connectivity index (χ2n) is 5.48. The fraction of sp³-hybridized carbons (Fsp3) is 0.500. The Labute approximate surface area is 124 Å². The summed E-state index contributed by atoms with van der Waals surface area (Å²) >= 11 is 0. The van der Waals surface area contributed by atoms with Gasteiger partial charge in [0.05, 0.1) is 0 Å². The molecule has 2 aromatic rings. The molecule has 0 unspecified atom stereocenters. The van der Waals surface area contributed by atoms with Crippen LogP contribution in [-0.2, 0) is 10.3 Å². The highest BCUT2D eigenvalue weighted by Gasteiger charge is 2.41. The molecule has 0 amide bonds. The fourth-order valence-corrected chi connectivity index (χ4v) is 3.00. The van der Waals surface area contributed by atoms with Crippen LogP contribution < -0.4 is 5.73 Å². The number of aromatic nitrogens is 2. The molecule has 0 spiro atoms. The lowest BCUT2D eigenvalue weighted by Gasteiger charge is -2.24. The van der Waals surface area contributed by atoms with Crippen LogP contribution in [0.2, 0.25) is 0 Å². The van der Waals surface area contributed by atoms with Crippen LogP contribution in [0.5, 0.6) is 0 Å². The van der Waals surface area contributed by atoms with E-state index in [1.807, 2.05) is 37.3 Å². The third kappa shape index (κ3) is 2.71. The minimum Gasteiger partial charge on any atom is -0.367 e. The van der Waals surface area contributed by atoms with Gasteiger partial charge in [-0.15, -0.1) is 0 Å². The zero-order chi connectivity index (χ0) is 14.7. The molecule has 1 saturated carbocycles.